The van der Waals surface area contributed by atoms with Crippen LogP contribution in [0.1, 0.15) is 42.7 Å². The molecule has 0 aliphatic carbocycles. The second kappa shape index (κ2) is 5.75. The van der Waals surface area contributed by atoms with Crippen LogP contribution in [0.25, 0.3) is 0 Å². The van der Waals surface area contributed by atoms with Crippen LogP contribution in [0.2, 0.25) is 0 Å². The molecule has 2 atom stereocenters. The zero-order valence-electron chi connectivity index (χ0n) is 11.7. The largest absolute Gasteiger partial charge is 0.378 e. The highest BCUT2D eigenvalue weighted by atomic mass is 32.2. The Morgan fingerprint density at radius 2 is 2.35 bits per heavy atom. The molecule has 1 aromatic heterocycles. The first kappa shape index (κ1) is 14.5. The molecule has 20 heavy (non-hydrogen) atoms. The van der Waals surface area contributed by atoms with Crippen molar-refractivity contribution in [1.29, 1.82) is 0 Å². The Labute approximate surface area is 124 Å². The highest BCUT2D eigenvalue weighted by Gasteiger charge is 2.33. The molecule has 0 unspecified atom stereocenters. The van der Waals surface area contributed by atoms with Crippen molar-refractivity contribution in [2.45, 2.75) is 44.8 Å². The highest BCUT2D eigenvalue weighted by Crippen LogP contribution is 2.34. The zero-order chi connectivity index (χ0) is 14.2. The van der Waals surface area contributed by atoms with Gasteiger partial charge in [0.25, 0.3) is 0 Å². The van der Waals surface area contributed by atoms with Crippen molar-refractivity contribution in [3.8, 4) is 0 Å². The maximum atomic E-state index is 12.6. The molecule has 112 valence electrons. The van der Waals surface area contributed by atoms with E-state index in [2.05, 4.69) is 11.4 Å². The average molecular weight is 315 g/mol. The number of hydrogen-bond donors (Lipinski definition) is 0. The molecule has 2 aliphatic rings. The van der Waals surface area contributed by atoms with E-state index in [1.54, 1.807) is 15.6 Å². The van der Waals surface area contributed by atoms with E-state index in [1.807, 2.05) is 6.92 Å². The molecule has 4 nitrogen and oxygen atoms in total. The molecule has 3 rings (SSSR count). The third kappa shape index (κ3) is 2.79. The van der Waals surface area contributed by atoms with Gasteiger partial charge in [-0.05, 0) is 49.6 Å². The molecule has 6 heteroatoms. The molecule has 1 fully saturated rings. The van der Waals surface area contributed by atoms with Crippen molar-refractivity contribution in [3.05, 3.63) is 21.9 Å². The molecular formula is C14H21NO3S2. The van der Waals surface area contributed by atoms with E-state index in [9.17, 15) is 8.42 Å². The number of ether oxygens (including phenoxy) is 1. The van der Waals surface area contributed by atoms with Crippen molar-refractivity contribution in [1.82, 2.24) is 4.31 Å². The summed E-state index contributed by atoms with van der Waals surface area (Å²) < 4.78 is 32.3. The quantitative estimate of drug-likeness (QED) is 0.858. The van der Waals surface area contributed by atoms with Gasteiger partial charge in [-0.3, -0.25) is 0 Å². The van der Waals surface area contributed by atoms with Crippen LogP contribution < -0.4 is 0 Å². The van der Waals surface area contributed by atoms with Crippen molar-refractivity contribution >= 4 is 21.4 Å². The van der Waals surface area contributed by atoms with Crippen LogP contribution >= 0.6 is 11.3 Å². The smallest absolute Gasteiger partial charge is 0.214 e. The number of fused-ring (bicyclic) bond motifs is 1. The first-order chi connectivity index (χ1) is 9.58. The molecule has 0 bridgehead atoms. The van der Waals surface area contributed by atoms with Gasteiger partial charge in [0.2, 0.25) is 10.0 Å². The zero-order valence-corrected chi connectivity index (χ0v) is 13.4. The molecule has 0 N–H and O–H groups in total. The summed E-state index contributed by atoms with van der Waals surface area (Å²) in [5, 5.41) is 2.06. The van der Waals surface area contributed by atoms with Crippen molar-refractivity contribution in [2.75, 3.05) is 18.9 Å². The fourth-order valence-electron chi connectivity index (χ4n) is 3.14. The lowest BCUT2D eigenvalue weighted by Gasteiger charge is -2.32. The number of rotatable bonds is 4. The summed E-state index contributed by atoms with van der Waals surface area (Å²) in [6.45, 7) is 3.39. The Morgan fingerprint density at radius 1 is 1.50 bits per heavy atom. The van der Waals surface area contributed by atoms with Gasteiger partial charge in [0.15, 0.2) is 0 Å². The topological polar surface area (TPSA) is 46.6 Å². The maximum Gasteiger partial charge on any atom is 0.214 e. The van der Waals surface area contributed by atoms with Crippen LogP contribution in [0.15, 0.2) is 11.4 Å². The first-order valence-corrected chi connectivity index (χ1v) is 9.74. The number of sulfonamides is 1. The first-order valence-electron chi connectivity index (χ1n) is 7.25. The number of hydrogen-bond acceptors (Lipinski definition) is 4. The molecule has 0 amide bonds. The predicted octanol–water partition coefficient (Wildman–Crippen LogP) is 2.57. The Bertz CT molecular complexity index is 561. The minimum Gasteiger partial charge on any atom is -0.378 e. The molecule has 0 saturated carbocycles. The Balaban J connectivity index is 1.68. The summed E-state index contributed by atoms with van der Waals surface area (Å²) in [4.78, 5) is 1.34. The molecule has 1 saturated heterocycles. The second-order valence-electron chi connectivity index (χ2n) is 5.58. The lowest BCUT2D eigenvalue weighted by atomic mass is 10.0. The van der Waals surface area contributed by atoms with E-state index in [1.165, 1.54) is 10.4 Å². The molecule has 0 aromatic carbocycles. The van der Waals surface area contributed by atoms with Crippen LogP contribution in [0, 0.1) is 0 Å². The van der Waals surface area contributed by atoms with E-state index in [4.69, 9.17) is 4.74 Å². The Morgan fingerprint density at radius 3 is 3.10 bits per heavy atom. The standard InChI is InChI=1S/C14H21NO3S2/c1-11-13-5-9-19-14(13)4-7-15(11)20(16,17)10-6-12-3-2-8-18-12/h5,9,11-12H,2-4,6-8,10H2,1H3/t11-,12-/m0/s1. The van der Waals surface area contributed by atoms with E-state index in [-0.39, 0.29) is 17.9 Å². The Hall–Kier alpha value is -0.430. The maximum absolute atomic E-state index is 12.6. The van der Waals surface area contributed by atoms with E-state index >= 15 is 0 Å². The minimum absolute atomic E-state index is 0.0282. The van der Waals surface area contributed by atoms with Crippen molar-refractivity contribution in [2.24, 2.45) is 0 Å². The normalized spacial score (nSPS) is 27.6. The minimum atomic E-state index is -3.18. The molecule has 2 aliphatic heterocycles. The summed E-state index contributed by atoms with van der Waals surface area (Å²) in [6.07, 6.45) is 3.67. The fourth-order valence-corrected chi connectivity index (χ4v) is 5.86. The molecule has 0 radical (unpaired) electrons. The fraction of sp³-hybridized carbons (Fsp3) is 0.714. The van der Waals surface area contributed by atoms with Crippen molar-refractivity contribution < 1.29 is 13.2 Å². The van der Waals surface area contributed by atoms with Crippen LogP contribution in [0.3, 0.4) is 0 Å². The lowest BCUT2D eigenvalue weighted by Crippen LogP contribution is -2.40. The average Bonchev–Trinajstić information content (AvgIpc) is 3.08. The number of thiophene rings is 1. The van der Waals surface area contributed by atoms with Gasteiger partial charge in [0.1, 0.15) is 0 Å². The highest BCUT2D eigenvalue weighted by molar-refractivity contribution is 7.89. The van der Waals surface area contributed by atoms with Gasteiger partial charge in [-0.2, -0.15) is 4.31 Å². The second-order valence-corrected chi connectivity index (χ2v) is 8.62. The van der Waals surface area contributed by atoms with Gasteiger partial charge in [-0.15, -0.1) is 11.3 Å². The van der Waals surface area contributed by atoms with E-state index in [0.29, 0.717) is 13.0 Å². The third-order valence-electron chi connectivity index (χ3n) is 4.30. The molecule has 0 spiro atoms. The summed E-state index contributed by atoms with van der Waals surface area (Å²) in [5.74, 6) is 0.210. The Kier molecular flexibility index (Phi) is 4.17. The summed E-state index contributed by atoms with van der Waals surface area (Å²) in [7, 11) is -3.18. The third-order valence-corrected chi connectivity index (χ3v) is 7.26. The van der Waals surface area contributed by atoms with Crippen LogP contribution in [-0.2, 0) is 21.2 Å². The monoisotopic (exact) mass is 315 g/mol. The van der Waals surface area contributed by atoms with Gasteiger partial charge in [0.05, 0.1) is 11.9 Å². The molecule has 1 aromatic rings. The van der Waals surface area contributed by atoms with Crippen molar-refractivity contribution in [3.63, 3.8) is 0 Å². The molecular weight excluding hydrogens is 294 g/mol. The van der Waals surface area contributed by atoms with Gasteiger partial charge in [-0.1, -0.05) is 0 Å². The summed E-state index contributed by atoms with van der Waals surface area (Å²) in [5.41, 5.74) is 1.18. The van der Waals surface area contributed by atoms with E-state index in [0.717, 1.165) is 25.9 Å². The van der Waals surface area contributed by atoms with Crippen LogP contribution in [0.4, 0.5) is 0 Å². The van der Waals surface area contributed by atoms with E-state index < -0.39 is 10.0 Å². The SMILES string of the molecule is C[C@H]1c2ccsc2CCN1S(=O)(=O)CC[C@@H]1CCCO1. The van der Waals surface area contributed by atoms with Gasteiger partial charge < -0.3 is 4.74 Å². The van der Waals surface area contributed by atoms with Gasteiger partial charge in [-0.25, -0.2) is 8.42 Å². The number of nitrogens with zero attached hydrogens (tertiary/aromatic N) is 1. The summed E-state index contributed by atoms with van der Waals surface area (Å²) in [6, 6.07) is 2.03. The van der Waals surface area contributed by atoms with Gasteiger partial charge >= 0.3 is 0 Å². The summed E-state index contributed by atoms with van der Waals surface area (Å²) >= 11 is 1.73. The lowest BCUT2D eigenvalue weighted by molar-refractivity contribution is 0.108. The van der Waals surface area contributed by atoms with Crippen LogP contribution in [0.5, 0.6) is 0 Å². The van der Waals surface area contributed by atoms with Crippen LogP contribution in [-0.4, -0.2) is 37.7 Å². The molecule has 3 heterocycles. The predicted molar refractivity (Wildman–Crippen MR) is 80.5 cm³/mol. The van der Waals surface area contributed by atoms with Gasteiger partial charge in [0, 0.05) is 24.1 Å².